The lowest BCUT2D eigenvalue weighted by Crippen LogP contribution is -2.19. The normalized spacial score (nSPS) is 12.4. The number of rotatable bonds is 6. The predicted molar refractivity (Wildman–Crippen MR) is 82.5 cm³/mol. The van der Waals surface area contributed by atoms with Crippen LogP contribution in [0.4, 0.5) is 0 Å². The maximum Gasteiger partial charge on any atom is 0.172 e. The fourth-order valence-corrected chi connectivity index (χ4v) is 2.53. The van der Waals surface area contributed by atoms with Crippen molar-refractivity contribution in [1.29, 1.82) is 0 Å². The summed E-state index contributed by atoms with van der Waals surface area (Å²) in [5.74, 6) is -0.0204. The number of hydrogen-bond acceptors (Lipinski definition) is 3. The van der Waals surface area contributed by atoms with E-state index in [-0.39, 0.29) is 12.2 Å². The Labute approximate surface area is 129 Å². The first-order chi connectivity index (χ1) is 10.0. The van der Waals surface area contributed by atoms with Gasteiger partial charge in [-0.2, -0.15) is 5.10 Å². The quantitative estimate of drug-likeness (QED) is 0.822. The van der Waals surface area contributed by atoms with Gasteiger partial charge < -0.3 is 4.74 Å². The number of Topliss-reactive ketones (excluding diaryl/α,β-unsaturated/α-hetero) is 1. The molecule has 1 aromatic heterocycles. The van der Waals surface area contributed by atoms with Gasteiger partial charge in [0.15, 0.2) is 5.78 Å². The summed E-state index contributed by atoms with van der Waals surface area (Å²) in [5, 5.41) is 4.78. The first-order valence-electron chi connectivity index (χ1n) is 6.91. The molecule has 0 amide bonds. The number of carbonyl (C=O) groups is 1. The second kappa shape index (κ2) is 6.87. The van der Waals surface area contributed by atoms with Gasteiger partial charge in [-0.05, 0) is 19.4 Å². The fraction of sp³-hybridized carbons (Fsp3) is 0.375. The molecule has 0 spiro atoms. The molecule has 0 N–H and O–H groups in total. The Kier molecular flexibility index (Phi) is 5.15. The van der Waals surface area contributed by atoms with Crippen molar-refractivity contribution in [1.82, 2.24) is 9.78 Å². The van der Waals surface area contributed by atoms with Gasteiger partial charge in [0.25, 0.3) is 0 Å². The lowest BCUT2D eigenvalue weighted by atomic mass is 10.0. The molecule has 2 rings (SSSR count). The number of carbonyl (C=O) groups excluding carboxylic acids is 1. The van der Waals surface area contributed by atoms with Crippen LogP contribution < -0.4 is 0 Å². The summed E-state index contributed by atoms with van der Waals surface area (Å²) in [6.45, 7) is 4.18. The van der Waals surface area contributed by atoms with Gasteiger partial charge in [-0.3, -0.25) is 9.48 Å². The van der Waals surface area contributed by atoms with Gasteiger partial charge in [0.2, 0.25) is 0 Å². The van der Waals surface area contributed by atoms with E-state index >= 15 is 0 Å². The molecule has 1 atom stereocenters. The number of aryl methyl sites for hydroxylation is 2. The van der Waals surface area contributed by atoms with Crippen LogP contribution in [0.5, 0.6) is 0 Å². The van der Waals surface area contributed by atoms with Crippen molar-refractivity contribution in [3.8, 4) is 0 Å². The molecule has 0 bridgehead atoms. The average Bonchev–Trinajstić information content (AvgIpc) is 2.72. The van der Waals surface area contributed by atoms with Crippen molar-refractivity contribution in [3.05, 3.63) is 52.3 Å². The molecule has 0 radical (unpaired) electrons. The molecule has 1 heterocycles. The Morgan fingerprint density at radius 1 is 1.38 bits per heavy atom. The minimum atomic E-state index is -0.567. The molecule has 0 aliphatic rings. The van der Waals surface area contributed by atoms with Crippen LogP contribution in [0.2, 0.25) is 5.02 Å². The van der Waals surface area contributed by atoms with Crippen LogP contribution in [0, 0.1) is 6.92 Å². The summed E-state index contributed by atoms with van der Waals surface area (Å²) >= 11 is 6.21. The molecule has 2 aromatic rings. The van der Waals surface area contributed by atoms with E-state index in [1.807, 2.05) is 44.2 Å². The van der Waals surface area contributed by atoms with Crippen molar-refractivity contribution in [3.63, 3.8) is 0 Å². The number of benzene rings is 1. The van der Waals surface area contributed by atoms with Crippen molar-refractivity contribution >= 4 is 17.4 Å². The molecular weight excluding hydrogens is 288 g/mol. The van der Waals surface area contributed by atoms with Crippen molar-refractivity contribution < 1.29 is 9.53 Å². The Bertz CT molecular complexity index is 623. The van der Waals surface area contributed by atoms with Crippen molar-refractivity contribution in [2.75, 3.05) is 6.61 Å². The summed E-state index contributed by atoms with van der Waals surface area (Å²) in [6.07, 6.45) is -0.363. The number of hydrogen-bond donors (Lipinski definition) is 0. The van der Waals surface area contributed by atoms with E-state index in [1.54, 1.807) is 11.7 Å². The number of halogens is 1. The lowest BCUT2D eigenvalue weighted by molar-refractivity contribution is -0.130. The van der Waals surface area contributed by atoms with Crippen molar-refractivity contribution in [2.45, 2.75) is 26.4 Å². The molecule has 112 valence electrons. The third kappa shape index (κ3) is 3.52. The highest BCUT2D eigenvalue weighted by Gasteiger charge is 2.24. The highest BCUT2D eigenvalue weighted by molar-refractivity contribution is 6.32. The summed E-state index contributed by atoms with van der Waals surface area (Å²) in [6, 6.07) is 9.51. The van der Waals surface area contributed by atoms with E-state index in [1.165, 1.54) is 0 Å². The van der Waals surface area contributed by atoms with Crippen LogP contribution in [-0.2, 0) is 23.0 Å². The van der Waals surface area contributed by atoms with Crippen molar-refractivity contribution in [2.24, 2.45) is 7.05 Å². The Balaban J connectivity index is 2.23. The largest absolute Gasteiger partial charge is 0.366 e. The fourth-order valence-electron chi connectivity index (χ4n) is 2.30. The Morgan fingerprint density at radius 2 is 2.05 bits per heavy atom. The lowest BCUT2D eigenvalue weighted by Gasteiger charge is -2.16. The highest BCUT2D eigenvalue weighted by atomic mass is 35.5. The van der Waals surface area contributed by atoms with Crippen LogP contribution in [0.25, 0.3) is 0 Å². The maximum atomic E-state index is 12.6. The molecule has 5 heteroatoms. The zero-order valence-electron chi connectivity index (χ0n) is 12.5. The zero-order chi connectivity index (χ0) is 15.4. The van der Waals surface area contributed by atoms with E-state index in [9.17, 15) is 4.79 Å². The van der Waals surface area contributed by atoms with Gasteiger partial charge in [-0.25, -0.2) is 0 Å². The van der Waals surface area contributed by atoms with E-state index in [0.29, 0.717) is 11.6 Å². The van der Waals surface area contributed by atoms with Gasteiger partial charge in [0, 0.05) is 13.7 Å². The molecule has 0 aliphatic heterocycles. The first kappa shape index (κ1) is 15.7. The molecular formula is C16H19ClN2O2. The standard InChI is InChI=1S/C16H19ClN2O2/c1-4-21-16(12-8-6-5-7-9-12)14(20)10-13-15(17)11(2)18-19(13)3/h5-9,16H,4,10H2,1-3H3. The SMILES string of the molecule is CCOC(C(=O)Cc1c(Cl)c(C)nn1C)c1ccccc1. The van der Waals surface area contributed by atoms with E-state index in [4.69, 9.17) is 16.3 Å². The minimum absolute atomic E-state index is 0.0204. The third-order valence-corrected chi connectivity index (χ3v) is 3.82. The van der Waals surface area contributed by atoms with Gasteiger partial charge in [-0.15, -0.1) is 0 Å². The minimum Gasteiger partial charge on any atom is -0.366 e. The molecule has 0 saturated carbocycles. The molecule has 1 aromatic carbocycles. The second-order valence-corrected chi connectivity index (χ2v) is 5.24. The van der Waals surface area contributed by atoms with Gasteiger partial charge in [0.1, 0.15) is 6.10 Å². The molecule has 21 heavy (non-hydrogen) atoms. The average molecular weight is 307 g/mol. The molecule has 1 unspecified atom stereocenters. The van der Waals surface area contributed by atoms with E-state index < -0.39 is 6.10 Å². The molecule has 0 saturated heterocycles. The number of nitrogens with zero attached hydrogens (tertiary/aromatic N) is 2. The van der Waals surface area contributed by atoms with Crippen LogP contribution in [0.15, 0.2) is 30.3 Å². The molecule has 0 fully saturated rings. The Morgan fingerprint density at radius 3 is 2.57 bits per heavy atom. The second-order valence-electron chi connectivity index (χ2n) is 4.86. The number of ether oxygens (including phenoxy) is 1. The summed E-state index contributed by atoms with van der Waals surface area (Å²) < 4.78 is 7.28. The third-order valence-electron chi connectivity index (χ3n) is 3.33. The zero-order valence-corrected chi connectivity index (χ0v) is 13.2. The topological polar surface area (TPSA) is 44.1 Å². The van der Waals surface area contributed by atoms with Crippen LogP contribution in [-0.4, -0.2) is 22.2 Å². The van der Waals surface area contributed by atoms with Crippen LogP contribution in [0.1, 0.15) is 30.0 Å². The number of ketones is 1. The molecule has 4 nitrogen and oxygen atoms in total. The first-order valence-corrected chi connectivity index (χ1v) is 7.29. The molecule has 0 aliphatic carbocycles. The summed E-state index contributed by atoms with van der Waals surface area (Å²) in [4.78, 5) is 12.6. The van der Waals surface area contributed by atoms with Gasteiger partial charge in [-0.1, -0.05) is 41.9 Å². The van der Waals surface area contributed by atoms with Gasteiger partial charge >= 0.3 is 0 Å². The van der Waals surface area contributed by atoms with E-state index in [0.717, 1.165) is 17.0 Å². The smallest absolute Gasteiger partial charge is 0.172 e. The number of aromatic nitrogens is 2. The predicted octanol–water partition coefficient (Wildman–Crippen LogP) is 3.27. The van der Waals surface area contributed by atoms with Crippen LogP contribution >= 0.6 is 11.6 Å². The van der Waals surface area contributed by atoms with E-state index in [2.05, 4.69) is 5.10 Å². The maximum absolute atomic E-state index is 12.6. The summed E-state index contributed by atoms with van der Waals surface area (Å²) in [5.41, 5.74) is 2.31. The van der Waals surface area contributed by atoms with Gasteiger partial charge in [0.05, 0.1) is 22.8 Å². The monoisotopic (exact) mass is 306 g/mol. The van der Waals surface area contributed by atoms with Crippen LogP contribution in [0.3, 0.4) is 0 Å². The summed E-state index contributed by atoms with van der Waals surface area (Å²) in [7, 11) is 1.79. The Hall–Kier alpha value is -1.65. The highest BCUT2D eigenvalue weighted by Crippen LogP contribution is 2.24.